The van der Waals surface area contributed by atoms with Gasteiger partial charge in [-0.15, -0.1) is 11.3 Å². The molecule has 1 amide bonds. The fraction of sp³-hybridized carbons (Fsp3) is 0.316. The fourth-order valence-corrected chi connectivity index (χ4v) is 3.48. The van der Waals surface area contributed by atoms with Gasteiger partial charge in [0.25, 0.3) is 5.91 Å². The molecule has 1 aromatic carbocycles. The van der Waals surface area contributed by atoms with E-state index in [2.05, 4.69) is 26.4 Å². The quantitative estimate of drug-likeness (QED) is 0.641. The molecule has 8 heteroatoms. The van der Waals surface area contributed by atoms with Crippen molar-refractivity contribution < 1.29 is 14.1 Å². The van der Waals surface area contributed by atoms with E-state index in [1.807, 2.05) is 25.5 Å². The van der Waals surface area contributed by atoms with Gasteiger partial charge in [0, 0.05) is 23.9 Å². The summed E-state index contributed by atoms with van der Waals surface area (Å²) < 4.78 is 10.5. The summed E-state index contributed by atoms with van der Waals surface area (Å²) in [5, 5.41) is 8.82. The van der Waals surface area contributed by atoms with E-state index in [0.29, 0.717) is 29.6 Å². The summed E-state index contributed by atoms with van der Waals surface area (Å²) in [5.74, 6) is 1.51. The van der Waals surface area contributed by atoms with Crippen LogP contribution < -0.4 is 10.1 Å². The summed E-state index contributed by atoms with van der Waals surface area (Å²) in [5.41, 5.74) is 0.585. The van der Waals surface area contributed by atoms with Crippen molar-refractivity contribution in [3.05, 3.63) is 63.9 Å². The molecule has 0 aliphatic carbocycles. The first kappa shape index (κ1) is 19.1. The van der Waals surface area contributed by atoms with E-state index >= 15 is 0 Å². The lowest BCUT2D eigenvalue weighted by Gasteiger charge is -2.23. The number of hydrogen-bond donors (Lipinski definition) is 1. The standard InChI is InChI=1S/C19H22N4O3S/c1-13-21-18(22-26-13)12-25-15-8-6-14(7-9-15)19(24)20-11-16(23(2)3)17-5-4-10-27-17/h4-10,16H,11-12H2,1-3H3,(H,20,24). The first-order chi connectivity index (χ1) is 13.0. The third-order valence-electron chi connectivity index (χ3n) is 4.00. The smallest absolute Gasteiger partial charge is 0.251 e. The normalized spacial score (nSPS) is 12.1. The average Bonchev–Trinajstić information content (AvgIpc) is 3.32. The summed E-state index contributed by atoms with van der Waals surface area (Å²) in [7, 11) is 4.02. The predicted octanol–water partition coefficient (Wildman–Crippen LogP) is 3.05. The predicted molar refractivity (Wildman–Crippen MR) is 103 cm³/mol. The van der Waals surface area contributed by atoms with E-state index in [1.165, 1.54) is 4.88 Å². The molecule has 2 heterocycles. The van der Waals surface area contributed by atoms with Gasteiger partial charge in [-0.1, -0.05) is 11.2 Å². The number of benzene rings is 1. The Morgan fingerprint density at radius 2 is 2.07 bits per heavy atom. The van der Waals surface area contributed by atoms with Gasteiger partial charge in [0.15, 0.2) is 6.61 Å². The van der Waals surface area contributed by atoms with Crippen LogP contribution in [0.25, 0.3) is 0 Å². The maximum absolute atomic E-state index is 12.4. The van der Waals surface area contributed by atoms with Crippen LogP contribution in [0.2, 0.25) is 0 Å². The van der Waals surface area contributed by atoms with Crippen LogP contribution in [0, 0.1) is 6.92 Å². The van der Waals surface area contributed by atoms with Crippen molar-refractivity contribution in [2.75, 3.05) is 20.6 Å². The molecular formula is C19H22N4O3S. The Labute approximate surface area is 162 Å². The number of aromatic nitrogens is 2. The molecule has 0 saturated carbocycles. The molecule has 0 spiro atoms. The van der Waals surface area contributed by atoms with Gasteiger partial charge in [-0.05, 0) is 49.8 Å². The first-order valence-corrected chi connectivity index (χ1v) is 9.41. The second-order valence-corrected chi connectivity index (χ2v) is 7.23. The molecular weight excluding hydrogens is 364 g/mol. The molecule has 2 aromatic heterocycles. The Morgan fingerprint density at radius 1 is 1.30 bits per heavy atom. The number of carbonyl (C=O) groups is 1. The zero-order chi connectivity index (χ0) is 19.2. The number of hydrogen-bond acceptors (Lipinski definition) is 7. The summed E-state index contributed by atoms with van der Waals surface area (Å²) in [6.45, 7) is 2.49. The zero-order valence-electron chi connectivity index (χ0n) is 15.5. The van der Waals surface area contributed by atoms with Gasteiger partial charge >= 0.3 is 0 Å². The minimum atomic E-state index is -0.112. The van der Waals surface area contributed by atoms with Crippen LogP contribution in [0.5, 0.6) is 5.75 Å². The molecule has 27 heavy (non-hydrogen) atoms. The van der Waals surface area contributed by atoms with E-state index < -0.39 is 0 Å². The molecule has 0 aliphatic heterocycles. The Hall–Kier alpha value is -2.71. The van der Waals surface area contributed by atoms with Gasteiger partial charge in [0.1, 0.15) is 5.75 Å². The Kier molecular flexibility index (Phi) is 6.20. The van der Waals surface area contributed by atoms with Crippen LogP contribution in [-0.4, -0.2) is 41.6 Å². The number of amides is 1. The van der Waals surface area contributed by atoms with Crippen molar-refractivity contribution in [3.8, 4) is 5.75 Å². The van der Waals surface area contributed by atoms with Gasteiger partial charge in [0.2, 0.25) is 11.7 Å². The number of aryl methyl sites for hydroxylation is 1. The molecule has 1 atom stereocenters. The Bertz CT molecular complexity index is 859. The van der Waals surface area contributed by atoms with Crippen molar-refractivity contribution in [1.82, 2.24) is 20.4 Å². The summed E-state index contributed by atoms with van der Waals surface area (Å²) in [6, 6.07) is 11.2. The van der Waals surface area contributed by atoms with Gasteiger partial charge in [-0.2, -0.15) is 4.98 Å². The number of ether oxygens (including phenoxy) is 1. The van der Waals surface area contributed by atoms with Crippen LogP contribution in [-0.2, 0) is 6.61 Å². The molecule has 3 aromatic rings. The number of nitrogens with zero attached hydrogens (tertiary/aromatic N) is 3. The third kappa shape index (κ3) is 5.15. The van der Waals surface area contributed by atoms with Crippen molar-refractivity contribution >= 4 is 17.2 Å². The third-order valence-corrected chi connectivity index (χ3v) is 4.98. The summed E-state index contributed by atoms with van der Waals surface area (Å²) in [4.78, 5) is 19.8. The lowest BCUT2D eigenvalue weighted by molar-refractivity contribution is 0.0942. The largest absolute Gasteiger partial charge is 0.485 e. The molecule has 1 unspecified atom stereocenters. The molecule has 7 nitrogen and oxygen atoms in total. The molecule has 0 radical (unpaired) electrons. The minimum Gasteiger partial charge on any atom is -0.485 e. The lowest BCUT2D eigenvalue weighted by atomic mass is 10.2. The molecule has 0 bridgehead atoms. The first-order valence-electron chi connectivity index (χ1n) is 8.53. The van der Waals surface area contributed by atoms with Crippen LogP contribution in [0.3, 0.4) is 0 Å². The Balaban J connectivity index is 1.53. The highest BCUT2D eigenvalue weighted by Gasteiger charge is 2.16. The highest BCUT2D eigenvalue weighted by Crippen LogP contribution is 2.22. The molecule has 0 aliphatic rings. The van der Waals surface area contributed by atoms with Crippen LogP contribution in [0.4, 0.5) is 0 Å². The molecule has 1 N–H and O–H groups in total. The monoisotopic (exact) mass is 386 g/mol. The highest BCUT2D eigenvalue weighted by atomic mass is 32.1. The van der Waals surface area contributed by atoms with E-state index in [9.17, 15) is 4.79 Å². The number of carbonyl (C=O) groups excluding carboxylic acids is 1. The van der Waals surface area contributed by atoms with Crippen LogP contribution in [0.1, 0.15) is 33.0 Å². The molecule has 142 valence electrons. The van der Waals surface area contributed by atoms with Crippen molar-refractivity contribution in [2.24, 2.45) is 0 Å². The average molecular weight is 386 g/mol. The van der Waals surface area contributed by atoms with Gasteiger partial charge in [-0.25, -0.2) is 0 Å². The second kappa shape index (κ2) is 8.79. The SMILES string of the molecule is Cc1nc(COc2ccc(C(=O)NCC(c3cccs3)N(C)C)cc2)no1. The highest BCUT2D eigenvalue weighted by molar-refractivity contribution is 7.10. The Morgan fingerprint density at radius 3 is 2.67 bits per heavy atom. The molecule has 0 fully saturated rings. The number of nitrogens with one attached hydrogen (secondary N) is 1. The summed E-state index contributed by atoms with van der Waals surface area (Å²) >= 11 is 1.69. The zero-order valence-corrected chi connectivity index (χ0v) is 16.3. The van der Waals surface area contributed by atoms with E-state index in [0.717, 1.165) is 0 Å². The number of likely N-dealkylation sites (N-methyl/N-ethyl adjacent to an activating group) is 1. The van der Waals surface area contributed by atoms with E-state index in [-0.39, 0.29) is 18.6 Å². The van der Waals surface area contributed by atoms with Crippen molar-refractivity contribution in [1.29, 1.82) is 0 Å². The molecule has 3 rings (SSSR count). The second-order valence-electron chi connectivity index (χ2n) is 6.25. The van der Waals surface area contributed by atoms with Crippen LogP contribution in [0.15, 0.2) is 46.3 Å². The topological polar surface area (TPSA) is 80.5 Å². The maximum atomic E-state index is 12.4. The van der Waals surface area contributed by atoms with Crippen molar-refractivity contribution in [2.45, 2.75) is 19.6 Å². The molecule has 0 saturated heterocycles. The van der Waals surface area contributed by atoms with E-state index in [4.69, 9.17) is 9.26 Å². The maximum Gasteiger partial charge on any atom is 0.251 e. The van der Waals surface area contributed by atoms with Crippen LogP contribution >= 0.6 is 11.3 Å². The summed E-state index contributed by atoms with van der Waals surface area (Å²) in [6.07, 6.45) is 0. The van der Waals surface area contributed by atoms with E-state index in [1.54, 1.807) is 42.5 Å². The van der Waals surface area contributed by atoms with Gasteiger partial charge in [-0.3, -0.25) is 4.79 Å². The number of rotatable bonds is 8. The van der Waals surface area contributed by atoms with Crippen molar-refractivity contribution in [3.63, 3.8) is 0 Å². The number of thiophene rings is 1. The van der Waals surface area contributed by atoms with Gasteiger partial charge in [0.05, 0.1) is 6.04 Å². The minimum absolute atomic E-state index is 0.112. The lowest BCUT2D eigenvalue weighted by Crippen LogP contribution is -2.34. The fourth-order valence-electron chi connectivity index (χ4n) is 2.56. The van der Waals surface area contributed by atoms with Gasteiger partial charge < -0.3 is 19.5 Å².